The van der Waals surface area contributed by atoms with E-state index in [-0.39, 0.29) is 17.6 Å². The summed E-state index contributed by atoms with van der Waals surface area (Å²) in [5.74, 6) is -1.21. The Balaban J connectivity index is 2.97. The third-order valence-electron chi connectivity index (χ3n) is 2.87. The number of aromatic nitrogens is 2. The number of halogens is 1. The van der Waals surface area contributed by atoms with E-state index in [1.54, 1.807) is 20.8 Å². The molecule has 0 bridgehead atoms. The van der Waals surface area contributed by atoms with E-state index in [0.29, 0.717) is 0 Å². The van der Waals surface area contributed by atoms with Gasteiger partial charge < -0.3 is 14.7 Å². The van der Waals surface area contributed by atoms with Crippen LogP contribution in [-0.2, 0) is 22.6 Å². The first kappa shape index (κ1) is 19.9. The van der Waals surface area contributed by atoms with Crippen LogP contribution in [0.1, 0.15) is 20.8 Å². The highest BCUT2D eigenvalue weighted by atomic mass is 79.9. The minimum absolute atomic E-state index is 0.0492. The summed E-state index contributed by atoms with van der Waals surface area (Å²) in [7, 11) is 1.48. The Kier molecular flexibility index (Phi) is 6.35. The molecule has 0 saturated heterocycles. The molecule has 0 aliphatic carbocycles. The molecule has 0 aromatic carbocycles. The van der Waals surface area contributed by atoms with Crippen molar-refractivity contribution in [3.63, 3.8) is 0 Å². The Morgan fingerprint density at radius 2 is 1.92 bits per heavy atom. The summed E-state index contributed by atoms with van der Waals surface area (Å²) in [4.78, 5) is 48.2. The van der Waals surface area contributed by atoms with Crippen LogP contribution in [0.2, 0.25) is 0 Å². The zero-order valence-electron chi connectivity index (χ0n) is 13.9. The zero-order valence-corrected chi connectivity index (χ0v) is 15.5. The number of aliphatic carboxylic acids is 1. The van der Waals surface area contributed by atoms with E-state index in [1.807, 2.05) is 0 Å². The van der Waals surface area contributed by atoms with Gasteiger partial charge in [-0.05, 0) is 36.7 Å². The number of carbonyl (C=O) groups excluding carboxylic acids is 1. The maximum Gasteiger partial charge on any atom is 0.410 e. The molecule has 1 aromatic rings. The Morgan fingerprint density at radius 3 is 2.42 bits per heavy atom. The quantitative estimate of drug-likeness (QED) is 0.772. The molecule has 0 atom stereocenters. The van der Waals surface area contributed by atoms with Crippen molar-refractivity contribution >= 4 is 28.0 Å². The number of hydrogen-bond acceptors (Lipinski definition) is 5. The zero-order chi connectivity index (χ0) is 18.7. The Morgan fingerprint density at radius 1 is 1.33 bits per heavy atom. The van der Waals surface area contributed by atoms with Crippen LogP contribution in [0.15, 0.2) is 20.3 Å². The summed E-state index contributed by atoms with van der Waals surface area (Å²) < 4.78 is 7.01. The van der Waals surface area contributed by atoms with Crippen LogP contribution in [0.4, 0.5) is 4.79 Å². The van der Waals surface area contributed by atoms with Crippen LogP contribution in [0.25, 0.3) is 0 Å². The van der Waals surface area contributed by atoms with Crippen molar-refractivity contribution in [1.82, 2.24) is 14.0 Å². The van der Waals surface area contributed by atoms with Gasteiger partial charge in [0, 0.05) is 26.3 Å². The standard InChI is InChI=1S/C14H20BrN3O6/c1-14(2,3)24-13(23)16(4)5-6-18-11(21)9(15)7-17(12(18)22)8-10(19)20/h7H,5-6,8H2,1-4H3,(H,19,20). The van der Waals surface area contributed by atoms with Gasteiger partial charge in [0.1, 0.15) is 12.1 Å². The number of ether oxygens (including phenoxy) is 1. The van der Waals surface area contributed by atoms with E-state index in [4.69, 9.17) is 9.84 Å². The first-order valence-corrected chi connectivity index (χ1v) is 7.87. The molecular formula is C14H20BrN3O6. The monoisotopic (exact) mass is 405 g/mol. The third-order valence-corrected chi connectivity index (χ3v) is 3.41. The summed E-state index contributed by atoms with van der Waals surface area (Å²) >= 11 is 3.01. The molecule has 1 heterocycles. The lowest BCUT2D eigenvalue weighted by Crippen LogP contribution is -2.44. The van der Waals surface area contributed by atoms with Crippen molar-refractivity contribution in [2.75, 3.05) is 13.6 Å². The molecule has 10 heteroatoms. The number of rotatable bonds is 5. The summed E-state index contributed by atoms with van der Waals surface area (Å²) in [6, 6.07) is 0. The number of carboxylic acids is 1. The molecule has 134 valence electrons. The molecule has 0 unspecified atom stereocenters. The summed E-state index contributed by atoms with van der Waals surface area (Å²) in [6.45, 7) is 4.56. The van der Waals surface area contributed by atoms with Crippen LogP contribution < -0.4 is 11.2 Å². The molecule has 1 aromatic heterocycles. The summed E-state index contributed by atoms with van der Waals surface area (Å²) in [5.41, 5.74) is -2.02. The molecule has 1 N–H and O–H groups in total. The van der Waals surface area contributed by atoms with Crippen molar-refractivity contribution < 1.29 is 19.4 Å². The molecule has 0 aliphatic heterocycles. The highest BCUT2D eigenvalue weighted by Crippen LogP contribution is 2.09. The molecule has 0 spiro atoms. The molecule has 0 fully saturated rings. The fraction of sp³-hybridized carbons (Fsp3) is 0.571. The van der Waals surface area contributed by atoms with E-state index >= 15 is 0 Å². The molecule has 0 saturated carbocycles. The predicted octanol–water partition coefficient (Wildman–Crippen LogP) is 0.724. The maximum atomic E-state index is 12.2. The number of amides is 1. The number of carboxylic acid groups (broad SMARTS) is 1. The highest BCUT2D eigenvalue weighted by Gasteiger charge is 2.20. The van der Waals surface area contributed by atoms with Gasteiger partial charge in [0.05, 0.1) is 4.47 Å². The van der Waals surface area contributed by atoms with Gasteiger partial charge in [-0.25, -0.2) is 9.59 Å². The number of carbonyl (C=O) groups is 2. The second kappa shape index (κ2) is 7.65. The third kappa shape index (κ3) is 5.52. The minimum Gasteiger partial charge on any atom is -0.480 e. The second-order valence-corrected chi connectivity index (χ2v) is 6.99. The smallest absolute Gasteiger partial charge is 0.410 e. The van der Waals surface area contributed by atoms with Gasteiger partial charge in [-0.2, -0.15) is 0 Å². The average Bonchev–Trinajstić information content (AvgIpc) is 2.42. The van der Waals surface area contributed by atoms with E-state index in [1.165, 1.54) is 11.9 Å². The van der Waals surface area contributed by atoms with Crippen molar-refractivity contribution in [2.24, 2.45) is 0 Å². The lowest BCUT2D eigenvalue weighted by molar-refractivity contribution is -0.137. The number of likely N-dealkylation sites (N-methyl/N-ethyl adjacent to an activating group) is 1. The van der Waals surface area contributed by atoms with E-state index in [2.05, 4.69) is 15.9 Å². The first-order chi connectivity index (χ1) is 10.9. The molecule has 24 heavy (non-hydrogen) atoms. The summed E-state index contributed by atoms with van der Waals surface area (Å²) in [6.07, 6.45) is 0.545. The number of nitrogens with zero attached hydrogens (tertiary/aromatic N) is 3. The Bertz CT molecular complexity index is 746. The lowest BCUT2D eigenvalue weighted by Gasteiger charge is -2.24. The maximum absolute atomic E-state index is 12.2. The SMILES string of the molecule is CN(CCn1c(=O)c(Br)cn(CC(=O)O)c1=O)C(=O)OC(C)(C)C. The average molecular weight is 406 g/mol. The van der Waals surface area contributed by atoms with Crippen molar-refractivity contribution in [3.8, 4) is 0 Å². The molecule has 0 radical (unpaired) electrons. The lowest BCUT2D eigenvalue weighted by atomic mass is 10.2. The van der Waals surface area contributed by atoms with Gasteiger partial charge >= 0.3 is 17.8 Å². The van der Waals surface area contributed by atoms with Gasteiger partial charge in [-0.3, -0.25) is 18.7 Å². The van der Waals surface area contributed by atoms with E-state index in [0.717, 1.165) is 15.3 Å². The van der Waals surface area contributed by atoms with Crippen molar-refractivity contribution in [2.45, 2.75) is 39.5 Å². The van der Waals surface area contributed by atoms with Crippen LogP contribution in [0, 0.1) is 0 Å². The van der Waals surface area contributed by atoms with Crippen molar-refractivity contribution in [3.05, 3.63) is 31.5 Å². The van der Waals surface area contributed by atoms with Gasteiger partial charge in [-0.15, -0.1) is 0 Å². The molecule has 0 aliphatic rings. The summed E-state index contributed by atoms with van der Waals surface area (Å²) in [5, 5.41) is 8.81. The number of hydrogen-bond donors (Lipinski definition) is 1. The fourth-order valence-electron chi connectivity index (χ4n) is 1.76. The topological polar surface area (TPSA) is 111 Å². The van der Waals surface area contributed by atoms with Crippen LogP contribution >= 0.6 is 15.9 Å². The Labute approximate surface area is 146 Å². The van der Waals surface area contributed by atoms with Gasteiger partial charge in [0.25, 0.3) is 5.56 Å². The highest BCUT2D eigenvalue weighted by molar-refractivity contribution is 9.10. The van der Waals surface area contributed by atoms with Crippen LogP contribution in [-0.4, -0.2) is 50.4 Å². The second-order valence-electron chi connectivity index (χ2n) is 6.14. The molecule has 9 nitrogen and oxygen atoms in total. The van der Waals surface area contributed by atoms with Gasteiger partial charge in [0.15, 0.2) is 0 Å². The molecular weight excluding hydrogens is 386 g/mol. The predicted molar refractivity (Wildman–Crippen MR) is 89.2 cm³/mol. The van der Waals surface area contributed by atoms with Crippen molar-refractivity contribution in [1.29, 1.82) is 0 Å². The van der Waals surface area contributed by atoms with E-state index in [9.17, 15) is 19.2 Å². The van der Waals surface area contributed by atoms with Crippen LogP contribution in [0.5, 0.6) is 0 Å². The molecule has 1 rings (SSSR count). The van der Waals surface area contributed by atoms with Gasteiger partial charge in [0.2, 0.25) is 0 Å². The van der Waals surface area contributed by atoms with E-state index < -0.39 is 35.5 Å². The van der Waals surface area contributed by atoms with Gasteiger partial charge in [-0.1, -0.05) is 0 Å². The largest absolute Gasteiger partial charge is 0.480 e. The normalized spacial score (nSPS) is 11.2. The minimum atomic E-state index is -1.21. The fourth-order valence-corrected chi connectivity index (χ4v) is 2.22. The first-order valence-electron chi connectivity index (χ1n) is 7.08. The molecule has 1 amide bonds. The van der Waals surface area contributed by atoms with Crippen LogP contribution in [0.3, 0.4) is 0 Å². The Hall–Kier alpha value is -2.10.